The third-order valence-corrected chi connectivity index (χ3v) is 2.78. The van der Waals surface area contributed by atoms with Gasteiger partial charge >= 0.3 is 0 Å². The zero-order valence-electron chi connectivity index (χ0n) is 9.89. The standard InChI is InChI=1S/C13H19FN2/c1-4-9(2)7-13(16-15)11-5-6-12(14)10(3)8-11/h5-6,8,13,16H,2,4,7,15H2,1,3H3. The van der Waals surface area contributed by atoms with Crippen LogP contribution < -0.4 is 11.3 Å². The molecule has 1 aromatic rings. The minimum Gasteiger partial charge on any atom is -0.271 e. The van der Waals surface area contributed by atoms with Gasteiger partial charge in [-0.05, 0) is 37.0 Å². The van der Waals surface area contributed by atoms with E-state index in [0.717, 1.165) is 24.0 Å². The summed E-state index contributed by atoms with van der Waals surface area (Å²) >= 11 is 0. The van der Waals surface area contributed by atoms with E-state index in [1.807, 2.05) is 6.07 Å². The maximum atomic E-state index is 13.1. The molecule has 0 aliphatic rings. The SMILES string of the molecule is C=C(CC)CC(NN)c1ccc(F)c(C)c1. The van der Waals surface area contributed by atoms with Crippen LogP contribution in [0.15, 0.2) is 30.4 Å². The molecule has 0 heterocycles. The molecule has 2 nitrogen and oxygen atoms in total. The van der Waals surface area contributed by atoms with E-state index in [1.54, 1.807) is 13.0 Å². The Hall–Kier alpha value is -1.19. The molecule has 88 valence electrons. The minimum atomic E-state index is -0.186. The van der Waals surface area contributed by atoms with Gasteiger partial charge in [0.15, 0.2) is 0 Å². The number of nitrogens with one attached hydrogen (secondary N) is 1. The number of hydrogen-bond donors (Lipinski definition) is 2. The Balaban J connectivity index is 2.86. The highest BCUT2D eigenvalue weighted by atomic mass is 19.1. The Bertz CT molecular complexity index is 374. The van der Waals surface area contributed by atoms with E-state index in [-0.39, 0.29) is 11.9 Å². The summed E-state index contributed by atoms with van der Waals surface area (Å²) in [7, 11) is 0. The van der Waals surface area contributed by atoms with Crippen LogP contribution >= 0.6 is 0 Å². The first-order valence-electron chi connectivity index (χ1n) is 5.47. The minimum absolute atomic E-state index is 0.00625. The number of rotatable bonds is 5. The van der Waals surface area contributed by atoms with E-state index in [2.05, 4.69) is 18.9 Å². The number of halogens is 1. The molecule has 1 unspecified atom stereocenters. The summed E-state index contributed by atoms with van der Waals surface area (Å²) < 4.78 is 13.1. The van der Waals surface area contributed by atoms with Gasteiger partial charge in [0.05, 0.1) is 0 Å². The lowest BCUT2D eigenvalue weighted by molar-refractivity contribution is 0.541. The maximum Gasteiger partial charge on any atom is 0.126 e. The molecule has 0 aliphatic carbocycles. The Morgan fingerprint density at radius 1 is 1.56 bits per heavy atom. The van der Waals surface area contributed by atoms with Crippen LogP contribution in [0, 0.1) is 12.7 Å². The van der Waals surface area contributed by atoms with E-state index >= 15 is 0 Å². The first-order chi connectivity index (χ1) is 7.58. The van der Waals surface area contributed by atoms with Gasteiger partial charge in [-0.2, -0.15) is 0 Å². The smallest absolute Gasteiger partial charge is 0.126 e. The molecule has 0 radical (unpaired) electrons. The molecule has 1 atom stereocenters. The van der Waals surface area contributed by atoms with Crippen LogP contribution in [0.5, 0.6) is 0 Å². The average molecular weight is 222 g/mol. The highest BCUT2D eigenvalue weighted by Crippen LogP contribution is 2.22. The molecule has 0 saturated carbocycles. The summed E-state index contributed by atoms with van der Waals surface area (Å²) in [6, 6.07) is 5.06. The molecule has 0 aromatic heterocycles. The molecule has 0 bridgehead atoms. The quantitative estimate of drug-likeness (QED) is 0.456. The first-order valence-corrected chi connectivity index (χ1v) is 5.47. The van der Waals surface area contributed by atoms with Crippen molar-refractivity contribution in [3.05, 3.63) is 47.3 Å². The summed E-state index contributed by atoms with van der Waals surface area (Å²) in [6.07, 6.45) is 1.70. The fourth-order valence-electron chi connectivity index (χ4n) is 1.59. The summed E-state index contributed by atoms with van der Waals surface area (Å²) in [5, 5.41) is 0. The lowest BCUT2D eigenvalue weighted by Crippen LogP contribution is -2.28. The van der Waals surface area contributed by atoms with Gasteiger partial charge in [-0.3, -0.25) is 11.3 Å². The normalized spacial score (nSPS) is 12.5. The summed E-state index contributed by atoms with van der Waals surface area (Å²) in [5.41, 5.74) is 5.51. The molecule has 1 aromatic carbocycles. The van der Waals surface area contributed by atoms with Crippen molar-refractivity contribution in [3.63, 3.8) is 0 Å². The van der Waals surface area contributed by atoms with E-state index < -0.39 is 0 Å². The molecule has 0 amide bonds. The van der Waals surface area contributed by atoms with Crippen LogP contribution in [-0.2, 0) is 0 Å². The van der Waals surface area contributed by atoms with Crippen molar-refractivity contribution < 1.29 is 4.39 Å². The van der Waals surface area contributed by atoms with Crippen molar-refractivity contribution in [1.29, 1.82) is 0 Å². The molecular formula is C13H19FN2. The van der Waals surface area contributed by atoms with Crippen molar-refractivity contribution in [2.24, 2.45) is 5.84 Å². The van der Waals surface area contributed by atoms with Crippen LogP contribution in [0.1, 0.15) is 36.9 Å². The van der Waals surface area contributed by atoms with Crippen molar-refractivity contribution in [2.75, 3.05) is 0 Å². The van der Waals surface area contributed by atoms with Crippen LogP contribution in [-0.4, -0.2) is 0 Å². The van der Waals surface area contributed by atoms with Crippen molar-refractivity contribution in [3.8, 4) is 0 Å². The summed E-state index contributed by atoms with van der Waals surface area (Å²) in [4.78, 5) is 0. The van der Waals surface area contributed by atoms with Crippen LogP contribution in [0.3, 0.4) is 0 Å². The fraction of sp³-hybridized carbons (Fsp3) is 0.385. The predicted molar refractivity (Wildman–Crippen MR) is 65.2 cm³/mol. The van der Waals surface area contributed by atoms with Crippen LogP contribution in [0.25, 0.3) is 0 Å². The van der Waals surface area contributed by atoms with Crippen molar-refractivity contribution >= 4 is 0 Å². The van der Waals surface area contributed by atoms with Gasteiger partial charge in [0.1, 0.15) is 5.82 Å². The second-order valence-corrected chi connectivity index (χ2v) is 4.04. The second-order valence-electron chi connectivity index (χ2n) is 4.04. The number of hydrazine groups is 1. The molecule has 16 heavy (non-hydrogen) atoms. The fourth-order valence-corrected chi connectivity index (χ4v) is 1.59. The number of aryl methyl sites for hydroxylation is 1. The number of hydrogen-bond acceptors (Lipinski definition) is 2. The maximum absolute atomic E-state index is 13.1. The Kier molecular flexibility index (Phi) is 4.65. The number of nitrogens with two attached hydrogens (primary N) is 1. The van der Waals surface area contributed by atoms with Gasteiger partial charge in [0.2, 0.25) is 0 Å². The van der Waals surface area contributed by atoms with E-state index in [4.69, 9.17) is 5.84 Å². The molecule has 0 aliphatic heterocycles. The molecular weight excluding hydrogens is 203 g/mol. The van der Waals surface area contributed by atoms with Gasteiger partial charge in [-0.1, -0.05) is 31.2 Å². The lowest BCUT2D eigenvalue weighted by atomic mass is 9.97. The highest BCUT2D eigenvalue weighted by Gasteiger charge is 2.11. The summed E-state index contributed by atoms with van der Waals surface area (Å²) in [6.45, 7) is 7.77. The second kappa shape index (κ2) is 5.77. The monoisotopic (exact) mass is 222 g/mol. The topological polar surface area (TPSA) is 38.0 Å². The van der Waals surface area contributed by atoms with Gasteiger partial charge in [-0.25, -0.2) is 4.39 Å². The van der Waals surface area contributed by atoms with Gasteiger partial charge in [0.25, 0.3) is 0 Å². The van der Waals surface area contributed by atoms with Gasteiger partial charge < -0.3 is 0 Å². The lowest BCUT2D eigenvalue weighted by Gasteiger charge is -2.17. The molecule has 0 saturated heterocycles. The number of benzene rings is 1. The molecule has 3 heteroatoms. The zero-order chi connectivity index (χ0) is 12.1. The third kappa shape index (κ3) is 3.15. The third-order valence-electron chi connectivity index (χ3n) is 2.78. The predicted octanol–water partition coefficient (Wildman–Crippen LogP) is 2.99. The first kappa shape index (κ1) is 12.9. The Labute approximate surface area is 96.3 Å². The van der Waals surface area contributed by atoms with Crippen LogP contribution in [0.2, 0.25) is 0 Å². The summed E-state index contributed by atoms with van der Waals surface area (Å²) in [5.74, 6) is 5.32. The van der Waals surface area contributed by atoms with E-state index in [0.29, 0.717) is 5.56 Å². The van der Waals surface area contributed by atoms with E-state index in [9.17, 15) is 4.39 Å². The Morgan fingerprint density at radius 2 is 2.25 bits per heavy atom. The van der Waals surface area contributed by atoms with Crippen molar-refractivity contribution in [1.82, 2.24) is 5.43 Å². The van der Waals surface area contributed by atoms with Gasteiger partial charge in [-0.15, -0.1) is 0 Å². The van der Waals surface area contributed by atoms with Gasteiger partial charge in [0, 0.05) is 6.04 Å². The molecule has 0 spiro atoms. The van der Waals surface area contributed by atoms with Crippen LogP contribution in [0.4, 0.5) is 4.39 Å². The highest BCUT2D eigenvalue weighted by molar-refractivity contribution is 5.27. The largest absolute Gasteiger partial charge is 0.271 e. The zero-order valence-corrected chi connectivity index (χ0v) is 9.89. The van der Waals surface area contributed by atoms with Crippen molar-refractivity contribution in [2.45, 2.75) is 32.7 Å². The molecule has 3 N–H and O–H groups in total. The Morgan fingerprint density at radius 3 is 2.75 bits per heavy atom. The van der Waals surface area contributed by atoms with E-state index in [1.165, 1.54) is 6.07 Å². The molecule has 0 fully saturated rings. The average Bonchev–Trinajstić information content (AvgIpc) is 2.29. The molecule has 1 rings (SSSR count).